The average molecular weight is 302 g/mol. The lowest BCUT2D eigenvalue weighted by atomic mass is 10.2. The first-order chi connectivity index (χ1) is 6.72. The van der Waals surface area contributed by atoms with Crippen molar-refractivity contribution < 1.29 is 4.42 Å². The minimum Gasteiger partial charge on any atom is -0.423 e. The maximum atomic E-state index is 10.9. The summed E-state index contributed by atoms with van der Waals surface area (Å²) in [6.45, 7) is 0. The van der Waals surface area contributed by atoms with Gasteiger partial charge in [-0.15, -0.1) is 0 Å². The maximum Gasteiger partial charge on any atom is 0.336 e. The molecular formula is C9H7IN2O2. The van der Waals surface area contributed by atoms with Crippen LogP contribution in [0.3, 0.4) is 0 Å². The normalized spacial score (nSPS) is 10.4. The second-order valence-electron chi connectivity index (χ2n) is 2.74. The number of nitrogens with two attached hydrogens (primary N) is 1. The van der Waals surface area contributed by atoms with Gasteiger partial charge in [-0.25, -0.2) is 4.79 Å². The number of rotatable bonds is 1. The Morgan fingerprint density at radius 1 is 1.29 bits per heavy atom. The highest BCUT2D eigenvalue weighted by molar-refractivity contribution is 14.1. The molecule has 2 aromatic rings. The fraction of sp³-hybridized carbons (Fsp3) is 0. The molecule has 0 fully saturated rings. The molecule has 0 radical (unpaired) electrons. The minimum atomic E-state index is -0.346. The predicted octanol–water partition coefficient (Wildman–Crippen LogP) is 1.68. The fourth-order valence-corrected chi connectivity index (χ4v) is 2.01. The van der Waals surface area contributed by atoms with E-state index in [1.165, 1.54) is 6.07 Å². The van der Waals surface area contributed by atoms with Crippen LogP contribution >= 0.6 is 22.6 Å². The first kappa shape index (κ1) is 9.47. The SMILES string of the molecule is NNc1ccc2oc(=O)ccc2c1I. The summed E-state index contributed by atoms with van der Waals surface area (Å²) in [4.78, 5) is 10.9. The van der Waals surface area contributed by atoms with Crippen LogP contribution in [0.2, 0.25) is 0 Å². The summed E-state index contributed by atoms with van der Waals surface area (Å²) >= 11 is 2.15. The third kappa shape index (κ3) is 1.48. The third-order valence-corrected chi connectivity index (χ3v) is 3.05. The fourth-order valence-electron chi connectivity index (χ4n) is 1.22. The van der Waals surface area contributed by atoms with E-state index in [2.05, 4.69) is 28.0 Å². The van der Waals surface area contributed by atoms with Gasteiger partial charge in [-0.05, 0) is 40.8 Å². The van der Waals surface area contributed by atoms with Crippen LogP contribution in [0.4, 0.5) is 5.69 Å². The Bertz CT molecular complexity index is 536. The van der Waals surface area contributed by atoms with E-state index in [0.29, 0.717) is 5.58 Å². The zero-order chi connectivity index (χ0) is 10.1. The van der Waals surface area contributed by atoms with Crippen LogP contribution in [0.15, 0.2) is 33.5 Å². The standard InChI is InChI=1S/C9H7IN2O2/c10-9-5-1-4-8(13)14-7(5)3-2-6(9)12-11/h1-4,12H,11H2. The van der Waals surface area contributed by atoms with Crippen LogP contribution in [0.5, 0.6) is 0 Å². The summed E-state index contributed by atoms with van der Waals surface area (Å²) in [7, 11) is 0. The number of halogens is 1. The molecule has 72 valence electrons. The summed E-state index contributed by atoms with van der Waals surface area (Å²) in [5.74, 6) is 5.32. The molecule has 1 heterocycles. The Morgan fingerprint density at radius 2 is 2.07 bits per heavy atom. The Labute approximate surface area is 93.2 Å². The number of fused-ring (bicyclic) bond motifs is 1. The molecule has 0 atom stereocenters. The van der Waals surface area contributed by atoms with Gasteiger partial charge in [0, 0.05) is 15.0 Å². The summed E-state index contributed by atoms with van der Waals surface area (Å²) in [5.41, 5.74) is 3.61. The number of hydrogen-bond donors (Lipinski definition) is 2. The Balaban J connectivity index is 2.84. The topological polar surface area (TPSA) is 68.3 Å². The van der Waals surface area contributed by atoms with E-state index in [0.717, 1.165) is 14.6 Å². The van der Waals surface area contributed by atoms with E-state index < -0.39 is 0 Å². The van der Waals surface area contributed by atoms with Crippen molar-refractivity contribution in [3.63, 3.8) is 0 Å². The second-order valence-corrected chi connectivity index (χ2v) is 3.82. The van der Waals surface area contributed by atoms with Crippen molar-refractivity contribution >= 4 is 39.2 Å². The molecule has 5 heteroatoms. The molecular weight excluding hydrogens is 295 g/mol. The average Bonchev–Trinajstić information content (AvgIpc) is 2.18. The maximum absolute atomic E-state index is 10.9. The van der Waals surface area contributed by atoms with Gasteiger partial charge in [0.05, 0.1) is 5.69 Å². The van der Waals surface area contributed by atoms with Crippen molar-refractivity contribution in [3.8, 4) is 0 Å². The van der Waals surface area contributed by atoms with Crippen molar-refractivity contribution in [2.45, 2.75) is 0 Å². The van der Waals surface area contributed by atoms with Gasteiger partial charge < -0.3 is 9.84 Å². The zero-order valence-electron chi connectivity index (χ0n) is 7.08. The molecule has 0 saturated heterocycles. The highest BCUT2D eigenvalue weighted by atomic mass is 127. The van der Waals surface area contributed by atoms with Crippen molar-refractivity contribution in [2.75, 3.05) is 5.43 Å². The van der Waals surface area contributed by atoms with Gasteiger partial charge in [-0.3, -0.25) is 5.84 Å². The second kappa shape index (κ2) is 3.58. The van der Waals surface area contributed by atoms with Gasteiger partial charge in [0.2, 0.25) is 0 Å². The Morgan fingerprint density at radius 3 is 2.79 bits per heavy atom. The molecule has 0 aliphatic carbocycles. The Kier molecular flexibility index (Phi) is 2.42. The van der Waals surface area contributed by atoms with Crippen molar-refractivity contribution in [1.29, 1.82) is 0 Å². The van der Waals surface area contributed by atoms with Gasteiger partial charge in [0.1, 0.15) is 5.58 Å². The molecule has 14 heavy (non-hydrogen) atoms. The van der Waals surface area contributed by atoms with Crippen molar-refractivity contribution in [2.24, 2.45) is 5.84 Å². The molecule has 2 rings (SSSR count). The largest absolute Gasteiger partial charge is 0.423 e. The molecule has 0 amide bonds. The summed E-state index contributed by atoms with van der Waals surface area (Å²) in [5, 5.41) is 0.876. The number of benzene rings is 1. The van der Waals surface area contributed by atoms with Gasteiger partial charge >= 0.3 is 5.63 Å². The van der Waals surface area contributed by atoms with Gasteiger partial charge in [-0.1, -0.05) is 0 Å². The summed E-state index contributed by atoms with van der Waals surface area (Å²) < 4.78 is 5.95. The number of anilines is 1. The van der Waals surface area contributed by atoms with E-state index in [4.69, 9.17) is 10.3 Å². The third-order valence-electron chi connectivity index (χ3n) is 1.89. The lowest BCUT2D eigenvalue weighted by Crippen LogP contribution is -2.08. The van der Waals surface area contributed by atoms with Gasteiger partial charge in [0.25, 0.3) is 0 Å². The molecule has 1 aromatic heterocycles. The van der Waals surface area contributed by atoms with Gasteiger partial charge in [-0.2, -0.15) is 0 Å². The first-order valence-electron chi connectivity index (χ1n) is 3.91. The van der Waals surface area contributed by atoms with Crippen LogP contribution in [0, 0.1) is 3.57 Å². The number of nitrogen functional groups attached to an aromatic ring is 1. The van der Waals surface area contributed by atoms with Gasteiger partial charge in [0.15, 0.2) is 0 Å². The first-order valence-corrected chi connectivity index (χ1v) is 4.99. The quantitative estimate of drug-likeness (QED) is 0.364. The molecule has 0 bridgehead atoms. The van der Waals surface area contributed by atoms with E-state index >= 15 is 0 Å². The van der Waals surface area contributed by atoms with E-state index in [9.17, 15) is 4.79 Å². The van der Waals surface area contributed by atoms with Crippen LogP contribution < -0.4 is 16.9 Å². The smallest absolute Gasteiger partial charge is 0.336 e. The Hall–Kier alpha value is -1.08. The van der Waals surface area contributed by atoms with E-state index in [1.807, 2.05) is 0 Å². The highest BCUT2D eigenvalue weighted by Gasteiger charge is 2.05. The van der Waals surface area contributed by atoms with Crippen LogP contribution in [0.25, 0.3) is 11.0 Å². The van der Waals surface area contributed by atoms with Crippen LogP contribution in [0.1, 0.15) is 0 Å². The van der Waals surface area contributed by atoms with E-state index in [-0.39, 0.29) is 5.63 Å². The molecule has 1 aromatic carbocycles. The number of hydrazine groups is 1. The molecule has 3 N–H and O–H groups in total. The highest BCUT2D eigenvalue weighted by Crippen LogP contribution is 2.25. The van der Waals surface area contributed by atoms with Crippen LogP contribution in [-0.2, 0) is 0 Å². The summed E-state index contributed by atoms with van der Waals surface area (Å²) in [6.07, 6.45) is 0. The number of hydrogen-bond acceptors (Lipinski definition) is 4. The zero-order valence-corrected chi connectivity index (χ0v) is 9.24. The monoisotopic (exact) mass is 302 g/mol. The molecule has 0 unspecified atom stereocenters. The molecule has 0 aliphatic heterocycles. The molecule has 0 aliphatic rings. The molecule has 0 saturated carbocycles. The van der Waals surface area contributed by atoms with Crippen LogP contribution in [-0.4, -0.2) is 0 Å². The van der Waals surface area contributed by atoms with Crippen molar-refractivity contribution in [3.05, 3.63) is 38.3 Å². The predicted molar refractivity (Wildman–Crippen MR) is 63.0 cm³/mol. The molecule has 4 nitrogen and oxygen atoms in total. The van der Waals surface area contributed by atoms with E-state index in [1.54, 1.807) is 18.2 Å². The lowest BCUT2D eigenvalue weighted by molar-refractivity contribution is 0.561. The minimum absolute atomic E-state index is 0.346. The summed E-state index contributed by atoms with van der Waals surface area (Å²) in [6, 6.07) is 6.61. The van der Waals surface area contributed by atoms with Crippen molar-refractivity contribution in [1.82, 2.24) is 0 Å². The number of nitrogens with one attached hydrogen (secondary N) is 1. The lowest BCUT2D eigenvalue weighted by Gasteiger charge is -2.05. The molecule has 0 spiro atoms.